The van der Waals surface area contributed by atoms with Crippen molar-refractivity contribution in [2.45, 2.75) is 38.8 Å². The summed E-state index contributed by atoms with van der Waals surface area (Å²) in [7, 11) is -9.33. The minimum Gasteiger partial charge on any atom is -0.412 e. The van der Waals surface area contributed by atoms with Crippen molar-refractivity contribution in [1.29, 1.82) is 0 Å². The number of aliphatic imine (C=N–C) groups is 2. The number of amidine groups is 2. The molecule has 0 unspecified atom stereocenters. The van der Waals surface area contributed by atoms with E-state index in [0.29, 0.717) is 0 Å². The lowest BCUT2D eigenvalue weighted by Crippen LogP contribution is -2.41. The van der Waals surface area contributed by atoms with Crippen LogP contribution in [0.2, 0.25) is 0 Å². The van der Waals surface area contributed by atoms with Crippen molar-refractivity contribution in [2.75, 3.05) is 26.2 Å². The maximum absolute atomic E-state index is 8.74. The molecule has 0 radical (unpaired) electrons. The van der Waals surface area contributed by atoms with Gasteiger partial charge in [0.15, 0.2) is 0 Å². The van der Waals surface area contributed by atoms with Gasteiger partial charge < -0.3 is 32.5 Å². The van der Waals surface area contributed by atoms with E-state index in [-0.39, 0.29) is 21.9 Å². The number of hydrogen-bond donors (Lipinski definition) is 6. The van der Waals surface area contributed by atoms with Crippen LogP contribution in [0.3, 0.4) is 0 Å². The third-order valence-electron chi connectivity index (χ3n) is 3.06. The highest BCUT2D eigenvalue weighted by Crippen LogP contribution is 2.19. The second-order valence-electron chi connectivity index (χ2n) is 6.53. The summed E-state index contributed by atoms with van der Waals surface area (Å²) in [6, 6.07) is 0. The molecule has 14 N–H and O–H groups in total. The van der Waals surface area contributed by atoms with Crippen LogP contribution in [0, 0.1) is 0 Å². The van der Waals surface area contributed by atoms with Crippen molar-refractivity contribution in [3.8, 4) is 0 Å². The summed E-state index contributed by atoms with van der Waals surface area (Å²) in [4.78, 5) is 8.82. The molecule has 0 aromatic heterocycles. The lowest BCUT2D eigenvalue weighted by Gasteiger charge is -2.23. The van der Waals surface area contributed by atoms with E-state index < -0.39 is 31.9 Å². The fraction of sp³-hybridized carbons (Fsp3) is 0.833. The van der Waals surface area contributed by atoms with Crippen LogP contribution in [-0.2, 0) is 20.8 Å². The smallest absolute Gasteiger partial charge is 0.394 e. The molecular formula is C12H34N6O12S2. The highest BCUT2D eigenvalue weighted by atomic mass is 32.3. The van der Waals surface area contributed by atoms with Crippen molar-refractivity contribution < 1.29 is 57.0 Å². The summed E-state index contributed by atoms with van der Waals surface area (Å²) < 4.78 is 63.2. The Morgan fingerprint density at radius 1 is 0.688 bits per heavy atom. The van der Waals surface area contributed by atoms with Gasteiger partial charge in [-0.15, -0.1) is 0 Å². The summed E-state index contributed by atoms with van der Waals surface area (Å²) in [5, 5.41) is 15.4. The van der Waals surface area contributed by atoms with Crippen LogP contribution >= 0.6 is 0 Å². The van der Waals surface area contributed by atoms with Crippen LogP contribution < -0.4 is 10.6 Å². The number of azo groups is 1. The van der Waals surface area contributed by atoms with Crippen LogP contribution in [0.1, 0.15) is 27.7 Å². The Morgan fingerprint density at radius 3 is 1.06 bits per heavy atom. The van der Waals surface area contributed by atoms with Gasteiger partial charge in [-0.05, 0) is 27.7 Å². The van der Waals surface area contributed by atoms with Gasteiger partial charge in [0, 0.05) is 13.1 Å². The molecule has 0 amide bonds. The molecule has 0 saturated heterocycles. The normalized spacial score (nSPS) is 15.2. The van der Waals surface area contributed by atoms with Gasteiger partial charge in [0.25, 0.3) is 0 Å². The van der Waals surface area contributed by atoms with E-state index in [2.05, 4.69) is 30.8 Å². The van der Waals surface area contributed by atoms with Crippen molar-refractivity contribution >= 4 is 32.5 Å². The third-order valence-corrected chi connectivity index (χ3v) is 3.06. The first kappa shape index (κ1) is 40.5. The van der Waals surface area contributed by atoms with Crippen LogP contribution in [0.4, 0.5) is 0 Å². The van der Waals surface area contributed by atoms with Crippen molar-refractivity contribution in [1.82, 2.24) is 10.6 Å². The number of nitrogens with zero attached hydrogens (tertiary/aromatic N) is 4. The highest BCUT2D eigenvalue weighted by Gasteiger charge is 2.31. The molecule has 0 aliphatic carbocycles. The van der Waals surface area contributed by atoms with E-state index >= 15 is 0 Å². The first-order valence-electron chi connectivity index (χ1n) is 7.83. The van der Waals surface area contributed by atoms with Gasteiger partial charge in [0.05, 0.1) is 13.1 Å². The predicted octanol–water partition coefficient (Wildman–Crippen LogP) is -3.61. The molecule has 0 bridgehead atoms. The second kappa shape index (κ2) is 15.8. The minimum atomic E-state index is -4.67. The van der Waals surface area contributed by atoms with Crippen LogP contribution in [0.15, 0.2) is 20.2 Å². The molecular weight excluding hydrogens is 484 g/mol. The second-order valence-corrected chi connectivity index (χ2v) is 8.32. The zero-order valence-electron chi connectivity index (χ0n) is 17.9. The molecule has 0 atom stereocenters. The number of hydrogen-bond acceptors (Lipinski definition) is 10. The Bertz CT molecular complexity index is 739. The molecule has 0 saturated carbocycles. The average Bonchev–Trinajstić information content (AvgIpc) is 3.15. The zero-order chi connectivity index (χ0) is 22.2. The van der Waals surface area contributed by atoms with E-state index in [1.165, 1.54) is 0 Å². The largest absolute Gasteiger partial charge is 0.412 e. The third kappa shape index (κ3) is 21.4. The predicted molar refractivity (Wildman–Crippen MR) is 116 cm³/mol. The lowest BCUT2D eigenvalue weighted by atomic mass is 10.0. The fourth-order valence-corrected chi connectivity index (χ4v) is 1.96. The van der Waals surface area contributed by atoms with E-state index in [4.69, 9.17) is 35.0 Å². The number of nitrogens with one attached hydrogen (secondary N) is 2. The van der Waals surface area contributed by atoms with Gasteiger partial charge in [-0.3, -0.25) is 28.2 Å². The molecule has 0 aromatic carbocycles. The first-order valence-corrected chi connectivity index (χ1v) is 10.6. The van der Waals surface area contributed by atoms with Crippen molar-refractivity contribution in [2.24, 2.45) is 20.2 Å². The van der Waals surface area contributed by atoms with Gasteiger partial charge in [-0.2, -0.15) is 27.1 Å². The summed E-state index contributed by atoms with van der Waals surface area (Å²) in [6.45, 7) is 11.5. The molecule has 196 valence electrons. The Morgan fingerprint density at radius 2 is 0.906 bits per heavy atom. The van der Waals surface area contributed by atoms with Gasteiger partial charge in [-0.25, -0.2) is 0 Å². The molecule has 0 fully saturated rings. The van der Waals surface area contributed by atoms with Gasteiger partial charge in [0.2, 0.25) is 0 Å². The first-order chi connectivity index (χ1) is 12.4. The average molecular weight is 519 g/mol. The number of rotatable bonds is 4. The monoisotopic (exact) mass is 518 g/mol. The molecule has 2 aliphatic rings. The molecule has 0 aromatic rings. The summed E-state index contributed by atoms with van der Waals surface area (Å²) in [6.07, 6.45) is 0. The van der Waals surface area contributed by atoms with Gasteiger partial charge >= 0.3 is 20.8 Å². The van der Waals surface area contributed by atoms with Crippen LogP contribution in [0.5, 0.6) is 0 Å². The Labute approximate surface area is 185 Å². The van der Waals surface area contributed by atoms with E-state index in [1.807, 2.05) is 27.7 Å². The maximum Gasteiger partial charge on any atom is 0.394 e. The quantitative estimate of drug-likeness (QED) is 0.157. The van der Waals surface area contributed by atoms with Crippen LogP contribution in [0.25, 0.3) is 0 Å². The van der Waals surface area contributed by atoms with Crippen molar-refractivity contribution in [3.63, 3.8) is 0 Å². The van der Waals surface area contributed by atoms with E-state index in [0.717, 1.165) is 37.9 Å². The topological polar surface area (TPSA) is 349 Å². The summed E-state index contributed by atoms with van der Waals surface area (Å²) in [5.41, 5.74) is -0.792. The lowest BCUT2D eigenvalue weighted by molar-refractivity contribution is 0.378. The molecule has 2 rings (SSSR count). The maximum atomic E-state index is 8.74. The summed E-state index contributed by atoms with van der Waals surface area (Å²) >= 11 is 0. The minimum absolute atomic E-state index is 0. The Balaban J connectivity index is -0.000000149. The van der Waals surface area contributed by atoms with Gasteiger partial charge in [-0.1, -0.05) is 0 Å². The zero-order valence-corrected chi connectivity index (χ0v) is 19.5. The Kier molecular flexibility index (Phi) is 20.0. The van der Waals surface area contributed by atoms with Crippen LogP contribution in [-0.4, -0.2) is 106 Å². The highest BCUT2D eigenvalue weighted by molar-refractivity contribution is 7.80. The SMILES string of the molecule is CC(C)(N=NC(C)(C)C1=NCCN1)C1=NCCN1.O.O.O.O.O=S(=O)(O)O.O=S(=O)(O)O. The molecule has 18 nitrogen and oxygen atoms in total. The van der Waals surface area contributed by atoms with Gasteiger partial charge in [0.1, 0.15) is 22.7 Å². The molecule has 2 aliphatic heterocycles. The fourth-order valence-electron chi connectivity index (χ4n) is 1.96. The molecule has 2 heterocycles. The van der Waals surface area contributed by atoms with E-state index in [1.54, 1.807) is 0 Å². The standard InChI is InChI=1S/C12H22N6.2H2O4S.4H2O/c1-11(2,9-13-5-6-14-9)17-18-12(3,4)10-15-7-8-16-10;2*1-5(2,3)4;;;;/h5-8H2,1-4H3,(H,13,14)(H,15,16);2*(H2,1,2,3,4);4*1H2. The van der Waals surface area contributed by atoms with E-state index in [9.17, 15) is 0 Å². The van der Waals surface area contributed by atoms with Crippen molar-refractivity contribution in [3.05, 3.63) is 0 Å². The Hall–Kier alpha value is -1.88. The molecule has 32 heavy (non-hydrogen) atoms. The summed E-state index contributed by atoms with van der Waals surface area (Å²) in [5.74, 6) is 1.84. The molecule has 20 heteroatoms. The molecule has 0 spiro atoms.